The molecule has 4 nitrogen and oxygen atoms in total. The fraction of sp³-hybridized carbons (Fsp3) is 0.273. The maximum atomic E-state index is 8.50. The van der Waals surface area contributed by atoms with Crippen LogP contribution in [0.2, 0.25) is 0 Å². The van der Waals surface area contributed by atoms with Crippen LogP contribution in [-0.4, -0.2) is 20.5 Å². The highest BCUT2D eigenvalue weighted by molar-refractivity contribution is 8.24. The molecule has 0 saturated heterocycles. The number of hydrazine groups is 1. The van der Waals surface area contributed by atoms with Gasteiger partial charge in [0.05, 0.1) is 16.6 Å². The molecule has 0 aliphatic rings. The summed E-state index contributed by atoms with van der Waals surface area (Å²) in [7, 11) is 0. The Balaban J connectivity index is 2.41. The van der Waals surface area contributed by atoms with Crippen molar-refractivity contribution >= 4 is 40.2 Å². The lowest BCUT2D eigenvalue weighted by atomic mass is 10.2. The van der Waals surface area contributed by atoms with Gasteiger partial charge in [0, 0.05) is 0 Å². The van der Waals surface area contributed by atoms with Gasteiger partial charge in [-0.3, -0.25) is 10.9 Å². The van der Waals surface area contributed by atoms with E-state index < -0.39 is 0 Å². The molecule has 0 aliphatic heterocycles. The molecule has 6 heteroatoms. The van der Waals surface area contributed by atoms with Gasteiger partial charge in [-0.2, -0.15) is 0 Å². The molecule has 0 amide bonds. The second-order valence-corrected chi connectivity index (χ2v) is 6.18. The van der Waals surface area contributed by atoms with Gasteiger partial charge >= 0.3 is 0 Å². The van der Waals surface area contributed by atoms with Crippen molar-refractivity contribution < 1.29 is 5.21 Å². The van der Waals surface area contributed by atoms with Crippen LogP contribution in [0.15, 0.2) is 35.5 Å². The van der Waals surface area contributed by atoms with E-state index in [0.717, 1.165) is 5.69 Å². The zero-order valence-electron chi connectivity index (χ0n) is 9.68. The van der Waals surface area contributed by atoms with E-state index in [4.69, 9.17) is 17.4 Å². The summed E-state index contributed by atoms with van der Waals surface area (Å²) in [5, 5.41) is 11.5. The second kappa shape index (κ2) is 6.46. The third-order valence-corrected chi connectivity index (χ3v) is 3.08. The quantitative estimate of drug-likeness (QED) is 0.340. The first kappa shape index (κ1) is 13.8. The highest BCUT2D eigenvalue weighted by Gasteiger charge is 2.18. The van der Waals surface area contributed by atoms with Crippen molar-refractivity contribution in [1.82, 2.24) is 5.43 Å². The maximum absolute atomic E-state index is 8.50. The van der Waals surface area contributed by atoms with Crippen molar-refractivity contribution in [2.75, 3.05) is 5.43 Å². The Morgan fingerprint density at radius 3 is 2.65 bits per heavy atom. The molecule has 0 fully saturated rings. The third kappa shape index (κ3) is 5.55. The van der Waals surface area contributed by atoms with Gasteiger partial charge < -0.3 is 5.21 Å². The van der Waals surface area contributed by atoms with E-state index in [1.54, 1.807) is 0 Å². The summed E-state index contributed by atoms with van der Waals surface area (Å²) in [6.45, 7) is 3.82. The van der Waals surface area contributed by atoms with Gasteiger partial charge in [0.25, 0.3) is 0 Å². The number of rotatable bonds is 4. The van der Waals surface area contributed by atoms with Gasteiger partial charge in [0.2, 0.25) is 0 Å². The summed E-state index contributed by atoms with van der Waals surface area (Å²) >= 11 is 6.56. The maximum Gasteiger partial charge on any atom is 0.153 e. The number of oxime groups is 1. The minimum atomic E-state index is -0.350. The lowest BCUT2D eigenvalue weighted by molar-refractivity contribution is 0.319. The van der Waals surface area contributed by atoms with Crippen LogP contribution >= 0.6 is 24.0 Å². The van der Waals surface area contributed by atoms with Crippen molar-refractivity contribution in [3.63, 3.8) is 0 Å². The highest BCUT2D eigenvalue weighted by Crippen LogP contribution is 2.22. The van der Waals surface area contributed by atoms with E-state index in [1.165, 1.54) is 18.0 Å². The minimum absolute atomic E-state index is 0.350. The van der Waals surface area contributed by atoms with Crippen LogP contribution in [0.1, 0.15) is 13.8 Å². The summed E-state index contributed by atoms with van der Waals surface area (Å²) in [5.41, 5.74) is 6.84. The smallest absolute Gasteiger partial charge is 0.153 e. The van der Waals surface area contributed by atoms with E-state index in [1.807, 2.05) is 44.2 Å². The van der Waals surface area contributed by atoms with Crippen LogP contribution in [0.3, 0.4) is 0 Å². The zero-order valence-corrected chi connectivity index (χ0v) is 11.3. The van der Waals surface area contributed by atoms with Crippen LogP contribution in [0.4, 0.5) is 5.69 Å². The van der Waals surface area contributed by atoms with Crippen molar-refractivity contribution in [3.05, 3.63) is 30.3 Å². The lowest BCUT2D eigenvalue weighted by Crippen LogP contribution is -2.30. The molecule has 1 aromatic carbocycles. The molecule has 17 heavy (non-hydrogen) atoms. The molecule has 1 aromatic rings. The van der Waals surface area contributed by atoms with Crippen LogP contribution < -0.4 is 10.9 Å². The van der Waals surface area contributed by atoms with Gasteiger partial charge in [0.15, 0.2) is 4.32 Å². The molecule has 0 radical (unpaired) electrons. The SMILES string of the molecule is CC(C)(/C=N/O)SC(=S)NNc1ccccc1. The highest BCUT2D eigenvalue weighted by atomic mass is 32.2. The fourth-order valence-corrected chi connectivity index (χ4v) is 2.45. The molecular formula is C11H15N3OS2. The number of thiocarbonyl (C=S) groups is 1. The van der Waals surface area contributed by atoms with Crippen molar-refractivity contribution in [1.29, 1.82) is 0 Å². The Hall–Kier alpha value is -1.27. The molecule has 1 rings (SSSR count). The van der Waals surface area contributed by atoms with Crippen LogP contribution in [0.5, 0.6) is 0 Å². The van der Waals surface area contributed by atoms with E-state index in [0.29, 0.717) is 4.32 Å². The summed E-state index contributed by atoms with van der Waals surface area (Å²) in [6.07, 6.45) is 1.44. The molecule has 0 unspecified atom stereocenters. The summed E-state index contributed by atoms with van der Waals surface area (Å²) < 4.78 is 0.232. The molecule has 3 N–H and O–H groups in total. The summed E-state index contributed by atoms with van der Waals surface area (Å²) in [4.78, 5) is 0. The molecule has 0 bridgehead atoms. The Morgan fingerprint density at radius 1 is 1.41 bits per heavy atom. The van der Waals surface area contributed by atoms with Gasteiger partial charge in [-0.25, -0.2) is 0 Å². The monoisotopic (exact) mass is 269 g/mol. The lowest BCUT2D eigenvalue weighted by Gasteiger charge is -2.19. The zero-order chi connectivity index (χ0) is 12.7. The van der Waals surface area contributed by atoms with Crippen molar-refractivity contribution in [3.8, 4) is 0 Å². The molecule has 92 valence electrons. The third-order valence-electron chi connectivity index (χ3n) is 1.81. The van der Waals surface area contributed by atoms with Crippen LogP contribution in [0, 0.1) is 0 Å². The Labute approximate surface area is 110 Å². The standard InChI is InChI=1S/C11H15N3OS2/c1-11(2,8-12-15)17-10(16)14-13-9-6-4-3-5-7-9/h3-8,13,15H,1-2H3,(H,14,16)/b12-8+. The van der Waals surface area contributed by atoms with E-state index in [9.17, 15) is 0 Å². The first-order chi connectivity index (χ1) is 8.03. The number of benzene rings is 1. The average Bonchev–Trinajstić information content (AvgIpc) is 2.27. The van der Waals surface area contributed by atoms with Gasteiger partial charge in [-0.15, -0.1) is 5.16 Å². The normalized spacial score (nSPS) is 11.4. The van der Waals surface area contributed by atoms with Crippen molar-refractivity contribution in [2.45, 2.75) is 18.6 Å². The fourth-order valence-electron chi connectivity index (χ4n) is 1.07. The van der Waals surface area contributed by atoms with Crippen molar-refractivity contribution in [2.24, 2.45) is 5.16 Å². The second-order valence-electron chi connectivity index (χ2n) is 3.85. The topological polar surface area (TPSA) is 56.7 Å². The van der Waals surface area contributed by atoms with Crippen LogP contribution in [0.25, 0.3) is 0 Å². The predicted molar refractivity (Wildman–Crippen MR) is 77.7 cm³/mol. The number of thioether (sulfide) groups is 1. The van der Waals surface area contributed by atoms with E-state index in [2.05, 4.69) is 16.0 Å². The first-order valence-corrected chi connectivity index (χ1v) is 6.24. The number of para-hydroxylation sites is 1. The number of hydrogen-bond acceptors (Lipinski definition) is 5. The number of nitrogens with zero attached hydrogens (tertiary/aromatic N) is 1. The number of nitrogens with one attached hydrogen (secondary N) is 2. The van der Waals surface area contributed by atoms with Gasteiger partial charge in [-0.05, 0) is 26.0 Å². The Kier molecular flexibility index (Phi) is 5.24. The van der Waals surface area contributed by atoms with Gasteiger partial charge in [0.1, 0.15) is 0 Å². The molecule has 0 heterocycles. The minimum Gasteiger partial charge on any atom is -0.411 e. The van der Waals surface area contributed by atoms with E-state index >= 15 is 0 Å². The summed E-state index contributed by atoms with van der Waals surface area (Å²) in [6, 6.07) is 9.67. The largest absolute Gasteiger partial charge is 0.411 e. The predicted octanol–water partition coefficient (Wildman–Crippen LogP) is 2.86. The molecule has 0 aliphatic carbocycles. The number of hydrogen-bond donors (Lipinski definition) is 3. The average molecular weight is 269 g/mol. The summed E-state index contributed by atoms with van der Waals surface area (Å²) in [5.74, 6) is 0. The molecular weight excluding hydrogens is 254 g/mol. The Bertz CT molecular complexity index is 393. The number of anilines is 1. The van der Waals surface area contributed by atoms with Crippen LogP contribution in [-0.2, 0) is 0 Å². The molecule has 0 atom stereocenters. The van der Waals surface area contributed by atoms with Gasteiger partial charge in [-0.1, -0.05) is 42.2 Å². The molecule has 0 aromatic heterocycles. The Morgan fingerprint density at radius 2 is 2.06 bits per heavy atom. The van der Waals surface area contributed by atoms with E-state index in [-0.39, 0.29) is 4.75 Å². The first-order valence-electron chi connectivity index (χ1n) is 5.02. The molecule has 0 spiro atoms. The molecule has 0 saturated carbocycles.